The van der Waals surface area contributed by atoms with Gasteiger partial charge in [-0.2, -0.15) is 0 Å². The molecule has 1 aliphatic rings. The predicted molar refractivity (Wildman–Crippen MR) is 129 cm³/mol. The van der Waals surface area contributed by atoms with Crippen LogP contribution < -0.4 is 15.4 Å². The van der Waals surface area contributed by atoms with Crippen molar-refractivity contribution in [1.82, 2.24) is 0 Å². The molecule has 172 valence electrons. The summed E-state index contributed by atoms with van der Waals surface area (Å²) >= 11 is 3.55. The minimum atomic E-state index is -0.734. The second kappa shape index (κ2) is 10.5. The van der Waals surface area contributed by atoms with Crippen LogP contribution in [0.15, 0.2) is 40.9 Å². The van der Waals surface area contributed by atoms with Gasteiger partial charge in [0, 0.05) is 16.7 Å². The van der Waals surface area contributed by atoms with Gasteiger partial charge in [0.05, 0.1) is 12.6 Å². The molecule has 1 heterocycles. The molecule has 2 aromatic rings. The third-order valence-electron chi connectivity index (χ3n) is 5.48. The zero-order valence-electron chi connectivity index (χ0n) is 19.1. The zero-order chi connectivity index (χ0) is 23.4. The number of anilines is 1. The topological polar surface area (TPSA) is 81.9 Å². The number of halogens is 1. The van der Waals surface area contributed by atoms with Crippen LogP contribution in [0.25, 0.3) is 0 Å². The van der Waals surface area contributed by atoms with Crippen LogP contribution in [0.3, 0.4) is 0 Å². The van der Waals surface area contributed by atoms with Gasteiger partial charge in [0.1, 0.15) is 5.75 Å². The molecule has 0 aliphatic carbocycles. The van der Waals surface area contributed by atoms with E-state index in [-0.39, 0.29) is 11.8 Å². The second-order valence-electron chi connectivity index (χ2n) is 8.95. The van der Waals surface area contributed by atoms with Crippen molar-refractivity contribution in [3.63, 3.8) is 0 Å². The van der Waals surface area contributed by atoms with E-state index in [0.717, 1.165) is 27.7 Å². The van der Waals surface area contributed by atoms with Crippen molar-refractivity contribution in [2.24, 2.45) is 17.6 Å². The molecular formula is C25H31BrN2O4. The molecule has 2 atom stereocenters. The number of nitrogens with two attached hydrogens (primary N) is 1. The summed E-state index contributed by atoms with van der Waals surface area (Å²) in [7, 11) is 0. The first-order chi connectivity index (χ1) is 15.2. The van der Waals surface area contributed by atoms with E-state index in [1.165, 1.54) is 5.56 Å². The predicted octanol–water partition coefficient (Wildman–Crippen LogP) is 5.02. The molecule has 0 spiro atoms. The monoisotopic (exact) mass is 502 g/mol. The SMILES string of the molecule is Cc1cc(OC(=O)OCC(C)C)cc(Br)c1C[C@@H](N)C(=O)N1CC(C)Cc2ccccc21. The van der Waals surface area contributed by atoms with Gasteiger partial charge in [-0.05, 0) is 66.5 Å². The van der Waals surface area contributed by atoms with Gasteiger partial charge < -0.3 is 20.1 Å². The molecule has 2 aromatic carbocycles. The Morgan fingerprint density at radius 1 is 1.25 bits per heavy atom. The van der Waals surface area contributed by atoms with E-state index in [1.807, 2.05) is 43.9 Å². The van der Waals surface area contributed by atoms with Crippen LogP contribution in [0.5, 0.6) is 5.75 Å². The number of aryl methyl sites for hydroxylation is 1. The van der Waals surface area contributed by atoms with Gasteiger partial charge in [-0.15, -0.1) is 0 Å². The highest BCUT2D eigenvalue weighted by Crippen LogP contribution is 2.31. The lowest BCUT2D eigenvalue weighted by molar-refractivity contribution is -0.120. The first-order valence-electron chi connectivity index (χ1n) is 10.9. The third kappa shape index (κ3) is 5.90. The standard InChI is InChI=1S/C25H31BrN2O4/c1-15(2)14-31-25(30)32-19-10-17(4)20(21(26)11-19)12-22(27)24(29)28-13-16(3)9-18-7-5-6-8-23(18)28/h5-8,10-11,15-16,22H,9,12-14,27H2,1-4H3/t16?,22-/m1/s1. The first-order valence-corrected chi connectivity index (χ1v) is 11.7. The summed E-state index contributed by atoms with van der Waals surface area (Å²) in [6, 6.07) is 10.8. The first kappa shape index (κ1) is 24.3. The summed E-state index contributed by atoms with van der Waals surface area (Å²) < 4.78 is 11.1. The van der Waals surface area contributed by atoms with Gasteiger partial charge in [-0.3, -0.25) is 4.79 Å². The Bertz CT molecular complexity index is 969. The van der Waals surface area contributed by atoms with Crippen molar-refractivity contribution >= 4 is 33.7 Å². The normalized spacial score (nSPS) is 16.5. The number of para-hydroxylation sites is 1. The number of nitrogens with zero attached hydrogens (tertiary/aromatic N) is 1. The minimum absolute atomic E-state index is 0.0899. The fraction of sp³-hybridized carbons (Fsp3) is 0.440. The quantitative estimate of drug-likeness (QED) is 0.442. The molecule has 0 saturated heterocycles. The molecule has 1 aliphatic heterocycles. The summed E-state index contributed by atoms with van der Waals surface area (Å²) in [5.41, 5.74) is 10.3. The van der Waals surface area contributed by atoms with Gasteiger partial charge in [0.25, 0.3) is 0 Å². The Labute approximate surface area is 198 Å². The van der Waals surface area contributed by atoms with Gasteiger partial charge in [-0.25, -0.2) is 4.79 Å². The second-order valence-corrected chi connectivity index (χ2v) is 9.81. The third-order valence-corrected chi connectivity index (χ3v) is 6.19. The average Bonchev–Trinajstić information content (AvgIpc) is 2.73. The highest BCUT2D eigenvalue weighted by molar-refractivity contribution is 9.10. The Kier molecular flexibility index (Phi) is 7.96. The molecule has 0 aromatic heterocycles. The van der Waals surface area contributed by atoms with Crippen molar-refractivity contribution in [3.8, 4) is 5.75 Å². The number of benzene rings is 2. The van der Waals surface area contributed by atoms with Crippen LogP contribution in [0.2, 0.25) is 0 Å². The number of carbonyl (C=O) groups is 2. The maximum atomic E-state index is 13.3. The number of fused-ring (bicyclic) bond motifs is 1. The van der Waals surface area contributed by atoms with Crippen LogP contribution >= 0.6 is 15.9 Å². The molecule has 3 rings (SSSR count). The molecule has 2 N–H and O–H groups in total. The fourth-order valence-electron chi connectivity index (χ4n) is 3.93. The van der Waals surface area contributed by atoms with E-state index in [0.29, 0.717) is 31.2 Å². The molecule has 0 radical (unpaired) electrons. The Balaban J connectivity index is 1.72. The summed E-state index contributed by atoms with van der Waals surface area (Å²) in [5, 5.41) is 0. The molecular weight excluding hydrogens is 472 g/mol. The molecule has 1 unspecified atom stereocenters. The number of amides is 1. The lowest BCUT2D eigenvalue weighted by Crippen LogP contribution is -2.48. The fourth-order valence-corrected chi connectivity index (χ4v) is 4.63. The van der Waals surface area contributed by atoms with Crippen molar-refractivity contribution < 1.29 is 19.1 Å². The van der Waals surface area contributed by atoms with E-state index in [1.54, 1.807) is 12.1 Å². The number of ether oxygens (including phenoxy) is 2. The van der Waals surface area contributed by atoms with E-state index < -0.39 is 12.2 Å². The number of hydrogen-bond donors (Lipinski definition) is 1. The number of rotatable bonds is 6. The van der Waals surface area contributed by atoms with Crippen molar-refractivity contribution in [2.75, 3.05) is 18.1 Å². The molecule has 1 amide bonds. The summed E-state index contributed by atoms with van der Waals surface area (Å²) in [4.78, 5) is 27.0. The van der Waals surface area contributed by atoms with Crippen LogP contribution in [0, 0.1) is 18.8 Å². The molecule has 32 heavy (non-hydrogen) atoms. The summed E-state index contributed by atoms with van der Waals surface area (Å²) in [6.45, 7) is 8.92. The van der Waals surface area contributed by atoms with E-state index >= 15 is 0 Å². The maximum absolute atomic E-state index is 13.3. The molecule has 6 nitrogen and oxygen atoms in total. The lowest BCUT2D eigenvalue weighted by Gasteiger charge is -2.34. The number of hydrogen-bond acceptors (Lipinski definition) is 5. The van der Waals surface area contributed by atoms with E-state index in [9.17, 15) is 9.59 Å². The Morgan fingerprint density at radius 2 is 1.97 bits per heavy atom. The van der Waals surface area contributed by atoms with Crippen molar-refractivity contribution in [1.29, 1.82) is 0 Å². The van der Waals surface area contributed by atoms with Gasteiger partial charge in [-0.1, -0.05) is 54.9 Å². The van der Waals surface area contributed by atoms with Crippen molar-refractivity contribution in [3.05, 3.63) is 57.6 Å². The van der Waals surface area contributed by atoms with Crippen LogP contribution in [0.1, 0.15) is 37.5 Å². The Morgan fingerprint density at radius 3 is 2.66 bits per heavy atom. The zero-order valence-corrected chi connectivity index (χ0v) is 20.6. The van der Waals surface area contributed by atoms with E-state index in [2.05, 4.69) is 28.9 Å². The molecule has 0 bridgehead atoms. The molecule has 0 fully saturated rings. The lowest BCUT2D eigenvalue weighted by atomic mass is 9.92. The van der Waals surface area contributed by atoms with Gasteiger partial charge in [0.15, 0.2) is 0 Å². The van der Waals surface area contributed by atoms with E-state index in [4.69, 9.17) is 15.2 Å². The largest absolute Gasteiger partial charge is 0.513 e. The Hall–Kier alpha value is -2.38. The highest BCUT2D eigenvalue weighted by atomic mass is 79.9. The smallest absolute Gasteiger partial charge is 0.434 e. The van der Waals surface area contributed by atoms with Gasteiger partial charge in [0.2, 0.25) is 5.91 Å². The molecule has 7 heteroatoms. The maximum Gasteiger partial charge on any atom is 0.513 e. The highest BCUT2D eigenvalue weighted by Gasteiger charge is 2.30. The summed E-state index contributed by atoms with van der Waals surface area (Å²) in [5.74, 6) is 0.895. The van der Waals surface area contributed by atoms with Crippen LogP contribution in [-0.2, 0) is 22.4 Å². The van der Waals surface area contributed by atoms with Gasteiger partial charge >= 0.3 is 6.16 Å². The summed E-state index contributed by atoms with van der Waals surface area (Å²) in [6.07, 6.45) is 0.597. The van der Waals surface area contributed by atoms with Crippen LogP contribution in [0.4, 0.5) is 10.5 Å². The number of carbonyl (C=O) groups excluding carboxylic acids is 2. The van der Waals surface area contributed by atoms with Crippen LogP contribution in [-0.4, -0.2) is 31.3 Å². The average molecular weight is 503 g/mol. The minimum Gasteiger partial charge on any atom is -0.434 e. The molecule has 0 saturated carbocycles. The van der Waals surface area contributed by atoms with Crippen molar-refractivity contribution in [2.45, 2.75) is 46.6 Å².